The van der Waals surface area contributed by atoms with E-state index in [1.807, 2.05) is 0 Å². The lowest BCUT2D eigenvalue weighted by Crippen LogP contribution is -2.30. The first-order chi connectivity index (χ1) is 14.3. The monoisotopic (exact) mass is 425 g/mol. The number of amides is 1. The van der Waals surface area contributed by atoms with Crippen LogP contribution in [-0.2, 0) is 9.59 Å². The molecule has 1 unspecified atom stereocenters. The molecule has 5 atom stereocenters. The number of rotatable bonds is 12. The van der Waals surface area contributed by atoms with E-state index in [2.05, 4.69) is 5.32 Å². The molecule has 1 aliphatic carbocycles. The van der Waals surface area contributed by atoms with Gasteiger partial charge in [-0.15, -0.1) is 0 Å². The van der Waals surface area contributed by atoms with Crippen LogP contribution >= 0.6 is 0 Å². The summed E-state index contributed by atoms with van der Waals surface area (Å²) < 4.78 is 13.6. The molecule has 168 valence electrons. The number of carbonyl (C=O) groups excluding carboxylic acids is 1. The third-order valence-corrected chi connectivity index (χ3v) is 5.91. The molecule has 0 radical (unpaired) electrons. The van der Waals surface area contributed by atoms with Gasteiger partial charge in [0.2, 0.25) is 0 Å². The zero-order chi connectivity index (χ0) is 22.1. The van der Waals surface area contributed by atoms with Crippen molar-refractivity contribution in [3.8, 4) is 0 Å². The summed E-state index contributed by atoms with van der Waals surface area (Å²) in [7, 11) is 0. The van der Waals surface area contributed by atoms with E-state index in [9.17, 15) is 29.3 Å². The van der Waals surface area contributed by atoms with Crippen molar-refractivity contribution >= 4 is 17.6 Å². The molecule has 8 heteroatoms. The molecule has 30 heavy (non-hydrogen) atoms. The van der Waals surface area contributed by atoms with Gasteiger partial charge in [-0.2, -0.15) is 0 Å². The zero-order valence-electron chi connectivity index (χ0n) is 17.0. The molecule has 1 amide bonds. The molecular formula is C22H32FNO6. The highest BCUT2D eigenvalue weighted by atomic mass is 19.1. The van der Waals surface area contributed by atoms with Crippen LogP contribution in [0.5, 0.6) is 0 Å². The fourth-order valence-corrected chi connectivity index (χ4v) is 4.25. The molecule has 1 saturated carbocycles. The first kappa shape index (κ1) is 24.2. The van der Waals surface area contributed by atoms with Gasteiger partial charge in [0.05, 0.1) is 17.9 Å². The summed E-state index contributed by atoms with van der Waals surface area (Å²) in [5.74, 6) is -2.45. The van der Waals surface area contributed by atoms with Crippen molar-refractivity contribution in [2.45, 2.75) is 76.1 Å². The minimum absolute atomic E-state index is 0.00125. The number of carbonyl (C=O) groups is 2. The largest absolute Gasteiger partial charge is 0.481 e. The summed E-state index contributed by atoms with van der Waals surface area (Å²) in [6, 6.07) is 5.70. The first-order valence-electron chi connectivity index (χ1n) is 10.6. The van der Waals surface area contributed by atoms with Gasteiger partial charge >= 0.3 is 5.97 Å². The van der Waals surface area contributed by atoms with Gasteiger partial charge in [-0.25, -0.2) is 4.39 Å². The van der Waals surface area contributed by atoms with Gasteiger partial charge in [-0.3, -0.25) is 9.59 Å². The van der Waals surface area contributed by atoms with Gasteiger partial charge in [-0.05, 0) is 56.1 Å². The average molecular weight is 425 g/mol. The zero-order valence-corrected chi connectivity index (χ0v) is 17.0. The number of aliphatic carboxylic acids is 1. The predicted octanol–water partition coefficient (Wildman–Crippen LogP) is 2.69. The van der Waals surface area contributed by atoms with Crippen molar-refractivity contribution < 1.29 is 34.4 Å². The van der Waals surface area contributed by atoms with Gasteiger partial charge in [0.1, 0.15) is 11.9 Å². The van der Waals surface area contributed by atoms with Crippen LogP contribution in [0.25, 0.3) is 0 Å². The maximum atomic E-state index is 13.6. The van der Waals surface area contributed by atoms with Crippen LogP contribution in [-0.4, -0.2) is 50.6 Å². The SMILES string of the molecule is O=C(O)CCCCCC[C@@H]1[C@@H](CCC(O)C(=O)Nc2ccccc2F)[C@H](O)C[C@@H]1O. The molecule has 7 nitrogen and oxygen atoms in total. The van der Waals surface area contributed by atoms with Crippen LogP contribution in [0.4, 0.5) is 10.1 Å². The van der Waals surface area contributed by atoms with Gasteiger partial charge in [-0.1, -0.05) is 31.4 Å². The Balaban J connectivity index is 1.78. The van der Waals surface area contributed by atoms with Gasteiger partial charge in [0.15, 0.2) is 0 Å². The molecule has 0 aliphatic heterocycles. The number of aliphatic hydroxyl groups excluding tert-OH is 3. The van der Waals surface area contributed by atoms with Crippen LogP contribution in [0, 0.1) is 17.7 Å². The molecule has 0 heterocycles. The van der Waals surface area contributed by atoms with E-state index in [1.165, 1.54) is 18.2 Å². The quantitative estimate of drug-likeness (QED) is 0.328. The summed E-state index contributed by atoms with van der Waals surface area (Å²) in [6.07, 6.45) is 2.03. The number of hydrogen-bond acceptors (Lipinski definition) is 5. The normalized spacial score (nSPS) is 24.5. The number of carboxylic acid groups (broad SMARTS) is 1. The lowest BCUT2D eigenvalue weighted by atomic mass is 9.85. The summed E-state index contributed by atoms with van der Waals surface area (Å²) in [5.41, 5.74) is -0.00125. The Hall–Kier alpha value is -2.03. The standard InChI is InChI=1S/C22H32FNO6/c23-16-8-5-6-9-17(16)24-22(30)18(25)12-11-15-14(19(26)13-20(15)27)7-3-1-2-4-10-21(28)29/h5-6,8-9,14-15,18-20,25-27H,1-4,7,10-13H2,(H,24,30)(H,28,29)/t14-,15-,18?,19+,20-/m1/s1. The Bertz CT molecular complexity index is 700. The van der Waals surface area contributed by atoms with Crippen LogP contribution < -0.4 is 5.32 Å². The second-order valence-corrected chi connectivity index (χ2v) is 8.11. The fraction of sp³-hybridized carbons (Fsp3) is 0.636. The van der Waals surface area contributed by atoms with E-state index < -0.39 is 36.0 Å². The van der Waals surface area contributed by atoms with Crippen LogP contribution in [0.2, 0.25) is 0 Å². The van der Waals surface area contributed by atoms with Crippen LogP contribution in [0.15, 0.2) is 24.3 Å². The lowest BCUT2D eigenvalue weighted by molar-refractivity contribution is -0.137. The summed E-state index contributed by atoms with van der Waals surface area (Å²) in [4.78, 5) is 22.7. The number of aliphatic hydroxyl groups is 3. The molecule has 1 fully saturated rings. The van der Waals surface area contributed by atoms with Gasteiger partial charge in [0, 0.05) is 6.42 Å². The number of para-hydroxylation sites is 1. The van der Waals surface area contributed by atoms with Crippen molar-refractivity contribution in [2.24, 2.45) is 11.8 Å². The van der Waals surface area contributed by atoms with Crippen molar-refractivity contribution in [2.75, 3.05) is 5.32 Å². The van der Waals surface area contributed by atoms with E-state index in [-0.39, 0.29) is 36.8 Å². The van der Waals surface area contributed by atoms with Crippen molar-refractivity contribution in [3.63, 3.8) is 0 Å². The maximum Gasteiger partial charge on any atom is 0.303 e. The van der Waals surface area contributed by atoms with E-state index in [0.717, 1.165) is 19.3 Å². The predicted molar refractivity (Wildman–Crippen MR) is 109 cm³/mol. The van der Waals surface area contributed by atoms with Gasteiger partial charge < -0.3 is 25.7 Å². The number of benzene rings is 1. The van der Waals surface area contributed by atoms with E-state index >= 15 is 0 Å². The summed E-state index contributed by atoms with van der Waals surface area (Å²) in [5, 5.41) is 41.8. The highest BCUT2D eigenvalue weighted by molar-refractivity contribution is 5.94. The van der Waals surface area contributed by atoms with Gasteiger partial charge in [0.25, 0.3) is 5.91 Å². The van der Waals surface area contributed by atoms with Crippen molar-refractivity contribution in [1.29, 1.82) is 0 Å². The van der Waals surface area contributed by atoms with Crippen LogP contribution in [0.1, 0.15) is 57.8 Å². The molecule has 0 saturated heterocycles. The third-order valence-electron chi connectivity index (χ3n) is 5.91. The molecule has 1 aromatic carbocycles. The Morgan fingerprint density at radius 3 is 2.33 bits per heavy atom. The number of carboxylic acids is 1. The Kier molecular flexibility index (Phi) is 9.68. The molecule has 2 rings (SSSR count). The van der Waals surface area contributed by atoms with Crippen molar-refractivity contribution in [1.82, 2.24) is 0 Å². The molecule has 5 N–H and O–H groups in total. The third kappa shape index (κ3) is 7.34. The number of anilines is 1. The van der Waals surface area contributed by atoms with Crippen molar-refractivity contribution in [3.05, 3.63) is 30.1 Å². The Morgan fingerprint density at radius 1 is 1.03 bits per heavy atom. The fourth-order valence-electron chi connectivity index (χ4n) is 4.25. The highest BCUT2D eigenvalue weighted by Crippen LogP contribution is 2.39. The minimum Gasteiger partial charge on any atom is -0.481 e. The molecule has 1 aromatic rings. The highest BCUT2D eigenvalue weighted by Gasteiger charge is 2.41. The number of halogens is 1. The summed E-state index contributed by atoms with van der Waals surface area (Å²) in [6.45, 7) is 0. The first-order valence-corrected chi connectivity index (χ1v) is 10.6. The maximum absolute atomic E-state index is 13.6. The number of nitrogens with one attached hydrogen (secondary N) is 1. The summed E-state index contributed by atoms with van der Waals surface area (Å²) >= 11 is 0. The average Bonchev–Trinajstić information content (AvgIpc) is 2.96. The topological polar surface area (TPSA) is 127 Å². The smallest absolute Gasteiger partial charge is 0.303 e. The number of hydrogen-bond donors (Lipinski definition) is 5. The van der Waals surface area contributed by atoms with E-state index in [0.29, 0.717) is 19.3 Å². The van der Waals surface area contributed by atoms with E-state index in [1.54, 1.807) is 6.07 Å². The molecule has 0 spiro atoms. The molecule has 0 bridgehead atoms. The molecule has 0 aromatic heterocycles. The Labute approximate surface area is 175 Å². The molecular weight excluding hydrogens is 393 g/mol. The second kappa shape index (κ2) is 12.0. The number of unbranched alkanes of at least 4 members (excludes halogenated alkanes) is 3. The minimum atomic E-state index is -1.34. The Morgan fingerprint density at radius 2 is 1.67 bits per heavy atom. The molecule has 1 aliphatic rings. The second-order valence-electron chi connectivity index (χ2n) is 8.11. The van der Waals surface area contributed by atoms with E-state index in [4.69, 9.17) is 5.11 Å². The van der Waals surface area contributed by atoms with Crippen LogP contribution in [0.3, 0.4) is 0 Å². The lowest BCUT2D eigenvalue weighted by Gasteiger charge is -2.24.